The van der Waals surface area contributed by atoms with Gasteiger partial charge in [0.1, 0.15) is 5.76 Å². The Balaban J connectivity index is 2.32. The second-order valence-electron chi connectivity index (χ2n) is 3.93. The second-order valence-corrected chi connectivity index (χ2v) is 4.79. The number of nitrogens with one attached hydrogen (secondary N) is 1. The fraction of sp³-hybridized carbons (Fsp3) is 0.250. The summed E-state index contributed by atoms with van der Waals surface area (Å²) in [6, 6.07) is 1.30. The van der Waals surface area contributed by atoms with Crippen LogP contribution in [-0.4, -0.2) is 10.9 Å². The largest absolute Gasteiger partial charge is 0.427 e. The lowest BCUT2D eigenvalue weighted by Gasteiger charge is -2.06. The predicted octanol–water partition coefficient (Wildman–Crippen LogP) is 2.27. The van der Waals surface area contributed by atoms with Crippen LogP contribution in [0.3, 0.4) is 0 Å². The molecule has 0 aliphatic carbocycles. The number of carbonyl (C=O) groups is 1. The van der Waals surface area contributed by atoms with E-state index in [1.807, 2.05) is 12.3 Å². The Bertz CT molecular complexity index is 631. The fourth-order valence-corrected chi connectivity index (χ4v) is 2.35. The molecule has 0 spiro atoms. The molecule has 0 saturated heterocycles. The molecule has 2 rings (SSSR count). The molecule has 0 fully saturated rings. The first-order valence-electron chi connectivity index (χ1n) is 5.32. The molecule has 0 atom stereocenters. The van der Waals surface area contributed by atoms with Crippen LogP contribution in [0.1, 0.15) is 27.4 Å². The third-order valence-corrected chi connectivity index (χ3v) is 3.28. The summed E-state index contributed by atoms with van der Waals surface area (Å²) in [6.45, 7) is 5.15. The minimum Gasteiger partial charge on any atom is -0.427 e. The molecule has 0 aliphatic heterocycles. The summed E-state index contributed by atoms with van der Waals surface area (Å²) in [5.74, 6) is -0.00567. The third kappa shape index (κ3) is 2.48. The van der Waals surface area contributed by atoms with E-state index < -0.39 is 5.63 Å². The summed E-state index contributed by atoms with van der Waals surface area (Å²) in [6.07, 6.45) is 0. The average Bonchev–Trinajstić information content (AvgIpc) is 2.62. The predicted molar refractivity (Wildman–Crippen MR) is 69.3 cm³/mol. The van der Waals surface area contributed by atoms with E-state index in [2.05, 4.69) is 10.3 Å². The van der Waals surface area contributed by atoms with Gasteiger partial charge < -0.3 is 4.42 Å². The molecule has 5 nitrogen and oxygen atoms in total. The normalized spacial score (nSPS) is 10.4. The Labute approximate surface area is 107 Å². The molecule has 0 unspecified atom stereocenters. The van der Waals surface area contributed by atoms with Crippen molar-refractivity contribution in [3.05, 3.63) is 44.4 Å². The number of carbonyl (C=O) groups excluding carboxylic acids is 1. The molecule has 0 radical (unpaired) electrons. The monoisotopic (exact) mass is 264 g/mol. The van der Waals surface area contributed by atoms with Crippen molar-refractivity contribution in [3.63, 3.8) is 0 Å². The maximum Gasteiger partial charge on any atom is 0.336 e. The third-order valence-electron chi connectivity index (χ3n) is 2.40. The van der Waals surface area contributed by atoms with E-state index in [0.29, 0.717) is 22.0 Å². The van der Waals surface area contributed by atoms with Crippen LogP contribution in [0.4, 0.5) is 5.13 Å². The summed E-state index contributed by atoms with van der Waals surface area (Å²) >= 11 is 1.35. The van der Waals surface area contributed by atoms with Crippen molar-refractivity contribution in [2.75, 3.05) is 5.32 Å². The highest BCUT2D eigenvalue weighted by Crippen LogP contribution is 2.18. The van der Waals surface area contributed by atoms with E-state index in [1.54, 1.807) is 13.8 Å². The molecule has 18 heavy (non-hydrogen) atoms. The highest BCUT2D eigenvalue weighted by molar-refractivity contribution is 7.13. The Hall–Kier alpha value is -1.95. The standard InChI is InChI=1S/C12H12N2O3S/c1-6-4-9(15)17-8(3)10(6)11(16)14-12-13-7(2)5-18-12/h4-5H,1-3H3,(H,13,14,16). The van der Waals surface area contributed by atoms with Crippen LogP contribution in [0.2, 0.25) is 0 Å². The molecule has 0 saturated carbocycles. The maximum absolute atomic E-state index is 12.1. The van der Waals surface area contributed by atoms with Gasteiger partial charge in [0, 0.05) is 11.4 Å². The van der Waals surface area contributed by atoms with E-state index in [-0.39, 0.29) is 5.91 Å². The first kappa shape index (κ1) is 12.5. The summed E-state index contributed by atoms with van der Waals surface area (Å²) in [7, 11) is 0. The van der Waals surface area contributed by atoms with Gasteiger partial charge in [0.2, 0.25) is 0 Å². The van der Waals surface area contributed by atoms with Gasteiger partial charge in [-0.15, -0.1) is 11.3 Å². The van der Waals surface area contributed by atoms with Crippen LogP contribution in [0, 0.1) is 20.8 Å². The zero-order valence-corrected chi connectivity index (χ0v) is 11.1. The van der Waals surface area contributed by atoms with Crippen molar-refractivity contribution in [2.24, 2.45) is 0 Å². The van der Waals surface area contributed by atoms with Gasteiger partial charge in [0.15, 0.2) is 5.13 Å². The minimum absolute atomic E-state index is 0.311. The van der Waals surface area contributed by atoms with Gasteiger partial charge in [-0.2, -0.15) is 0 Å². The molecular formula is C12H12N2O3S. The zero-order chi connectivity index (χ0) is 13.3. The topological polar surface area (TPSA) is 72.2 Å². The summed E-state index contributed by atoms with van der Waals surface area (Å²) in [4.78, 5) is 27.4. The summed E-state index contributed by atoms with van der Waals surface area (Å²) in [5.41, 5.74) is 1.37. The molecule has 6 heteroatoms. The average molecular weight is 264 g/mol. The fourth-order valence-electron chi connectivity index (χ4n) is 1.67. The Morgan fingerprint density at radius 2 is 2.11 bits per heavy atom. The number of rotatable bonds is 2. The summed E-state index contributed by atoms with van der Waals surface area (Å²) in [5, 5.41) is 5.06. The zero-order valence-electron chi connectivity index (χ0n) is 10.2. The van der Waals surface area contributed by atoms with Crippen molar-refractivity contribution >= 4 is 22.4 Å². The smallest absolute Gasteiger partial charge is 0.336 e. The van der Waals surface area contributed by atoms with Crippen molar-refractivity contribution in [1.82, 2.24) is 4.98 Å². The van der Waals surface area contributed by atoms with Crippen molar-refractivity contribution in [2.45, 2.75) is 20.8 Å². The Morgan fingerprint density at radius 3 is 2.67 bits per heavy atom. The van der Waals surface area contributed by atoms with Crippen LogP contribution < -0.4 is 10.9 Å². The van der Waals surface area contributed by atoms with Gasteiger partial charge in [-0.3, -0.25) is 10.1 Å². The first-order valence-corrected chi connectivity index (χ1v) is 6.20. The maximum atomic E-state index is 12.1. The lowest BCUT2D eigenvalue weighted by molar-refractivity contribution is 0.102. The number of hydrogen-bond acceptors (Lipinski definition) is 5. The van der Waals surface area contributed by atoms with Gasteiger partial charge in [-0.1, -0.05) is 0 Å². The number of hydrogen-bond donors (Lipinski definition) is 1. The van der Waals surface area contributed by atoms with Crippen molar-refractivity contribution < 1.29 is 9.21 Å². The van der Waals surface area contributed by atoms with Gasteiger partial charge >= 0.3 is 5.63 Å². The number of aryl methyl sites for hydroxylation is 3. The van der Waals surface area contributed by atoms with Crippen LogP contribution in [0.5, 0.6) is 0 Å². The number of thiazole rings is 1. The molecule has 1 N–H and O–H groups in total. The van der Waals surface area contributed by atoms with Crippen molar-refractivity contribution in [3.8, 4) is 0 Å². The van der Waals surface area contributed by atoms with Crippen molar-refractivity contribution in [1.29, 1.82) is 0 Å². The van der Waals surface area contributed by atoms with Crippen LogP contribution in [0.25, 0.3) is 0 Å². The molecule has 0 bridgehead atoms. The van der Waals surface area contributed by atoms with E-state index in [4.69, 9.17) is 4.42 Å². The minimum atomic E-state index is -0.452. The molecule has 2 heterocycles. The molecule has 2 aromatic rings. The van der Waals surface area contributed by atoms with Gasteiger partial charge in [0.25, 0.3) is 5.91 Å². The lowest BCUT2D eigenvalue weighted by atomic mass is 10.1. The van der Waals surface area contributed by atoms with Crippen LogP contribution in [-0.2, 0) is 0 Å². The lowest BCUT2D eigenvalue weighted by Crippen LogP contribution is -2.17. The molecule has 1 amide bonds. The Morgan fingerprint density at radius 1 is 1.39 bits per heavy atom. The van der Waals surface area contributed by atoms with E-state index >= 15 is 0 Å². The highest BCUT2D eigenvalue weighted by Gasteiger charge is 2.16. The van der Waals surface area contributed by atoms with Gasteiger partial charge in [0.05, 0.1) is 11.3 Å². The molecule has 0 aromatic carbocycles. The highest BCUT2D eigenvalue weighted by atomic mass is 32.1. The molecule has 2 aromatic heterocycles. The number of nitrogens with zero attached hydrogens (tertiary/aromatic N) is 1. The SMILES string of the molecule is Cc1csc(NC(=O)c2c(C)cc(=O)oc2C)n1. The molecule has 0 aliphatic rings. The van der Waals surface area contributed by atoms with Gasteiger partial charge in [-0.05, 0) is 26.3 Å². The quantitative estimate of drug-likeness (QED) is 0.903. The number of aromatic nitrogens is 1. The first-order chi connectivity index (χ1) is 8.47. The summed E-state index contributed by atoms with van der Waals surface area (Å²) < 4.78 is 4.92. The van der Waals surface area contributed by atoms with Crippen LogP contribution in [0.15, 0.2) is 20.7 Å². The van der Waals surface area contributed by atoms with E-state index in [1.165, 1.54) is 17.4 Å². The van der Waals surface area contributed by atoms with E-state index in [0.717, 1.165) is 5.69 Å². The number of anilines is 1. The Kier molecular flexibility index (Phi) is 3.29. The molecule has 94 valence electrons. The van der Waals surface area contributed by atoms with E-state index in [9.17, 15) is 9.59 Å². The number of amides is 1. The second kappa shape index (κ2) is 4.73. The molecular weight excluding hydrogens is 252 g/mol. The van der Waals surface area contributed by atoms with Gasteiger partial charge in [-0.25, -0.2) is 9.78 Å². The van der Waals surface area contributed by atoms with Crippen LogP contribution >= 0.6 is 11.3 Å².